The van der Waals surface area contributed by atoms with E-state index in [1.165, 1.54) is 0 Å². The molecule has 5 rings (SSSR count). The summed E-state index contributed by atoms with van der Waals surface area (Å²) in [5.41, 5.74) is 4.07. The van der Waals surface area contributed by atoms with Crippen LogP contribution in [0, 0.1) is 0 Å². The highest BCUT2D eigenvalue weighted by Crippen LogP contribution is 2.41. The lowest BCUT2D eigenvalue weighted by Crippen LogP contribution is -2.30. The smallest absolute Gasteiger partial charge is 0.174 e. The molecule has 0 saturated carbocycles. The summed E-state index contributed by atoms with van der Waals surface area (Å²) in [6.07, 6.45) is 7.54. The molecule has 3 aromatic heterocycles. The lowest BCUT2D eigenvalue weighted by atomic mass is 10.0. The highest BCUT2D eigenvalue weighted by Gasteiger charge is 2.42. The number of hydrogen-bond acceptors (Lipinski definition) is 4. The Morgan fingerprint density at radius 3 is 2.58 bits per heavy atom. The number of aromatic hydroxyl groups is 1. The van der Waals surface area contributed by atoms with Crippen LogP contribution in [0.15, 0.2) is 91.5 Å². The van der Waals surface area contributed by atoms with Crippen molar-refractivity contribution in [3.63, 3.8) is 0 Å². The first-order valence-corrected chi connectivity index (χ1v) is 10.4. The van der Waals surface area contributed by atoms with E-state index >= 15 is 0 Å². The quantitative estimate of drug-likeness (QED) is 0.465. The fourth-order valence-corrected chi connectivity index (χ4v) is 4.42. The molecule has 1 aliphatic heterocycles. The van der Waals surface area contributed by atoms with E-state index in [-0.39, 0.29) is 17.8 Å². The minimum Gasteiger partial charge on any atom is -0.508 e. The third kappa shape index (κ3) is 3.75. The monoisotopic (exact) mass is 427 g/mol. The minimum absolute atomic E-state index is 0.112. The molecule has 1 fully saturated rings. The van der Waals surface area contributed by atoms with Gasteiger partial charge in [0.1, 0.15) is 11.8 Å². The Bertz CT molecular complexity index is 1180. The second-order valence-electron chi connectivity index (χ2n) is 7.44. The van der Waals surface area contributed by atoms with E-state index in [0.717, 1.165) is 22.6 Å². The number of thiocarbonyl (C=S) groups is 1. The van der Waals surface area contributed by atoms with Crippen LogP contribution in [0.2, 0.25) is 0 Å². The van der Waals surface area contributed by atoms with Crippen LogP contribution in [0.25, 0.3) is 0 Å². The van der Waals surface area contributed by atoms with Crippen molar-refractivity contribution >= 4 is 23.0 Å². The molecule has 1 aliphatic rings. The largest absolute Gasteiger partial charge is 0.508 e. The SMILES string of the molecule is Oc1ccc(N2C(=S)N[C@H](c3ccccn3)[C@@H]2c2cccn2Cc2cccnc2)cc1. The number of nitrogens with one attached hydrogen (secondary N) is 1. The van der Waals surface area contributed by atoms with Crippen molar-refractivity contribution < 1.29 is 5.11 Å². The first-order valence-electron chi connectivity index (χ1n) is 10.0. The molecule has 2 atom stereocenters. The Morgan fingerprint density at radius 1 is 0.968 bits per heavy atom. The van der Waals surface area contributed by atoms with Crippen LogP contribution in [-0.2, 0) is 6.54 Å². The average molecular weight is 428 g/mol. The van der Waals surface area contributed by atoms with Crippen molar-refractivity contribution in [2.24, 2.45) is 0 Å². The molecular weight excluding hydrogens is 406 g/mol. The topological polar surface area (TPSA) is 66.2 Å². The Hall–Kier alpha value is -3.71. The van der Waals surface area contributed by atoms with Crippen molar-refractivity contribution in [3.05, 3.63) is 108 Å². The number of benzene rings is 1. The normalized spacial score (nSPS) is 18.2. The van der Waals surface area contributed by atoms with Crippen LogP contribution in [0.4, 0.5) is 5.69 Å². The number of aromatic nitrogens is 3. The zero-order valence-corrected chi connectivity index (χ0v) is 17.5. The molecule has 2 N–H and O–H groups in total. The second-order valence-corrected chi connectivity index (χ2v) is 7.82. The number of hydrogen-bond donors (Lipinski definition) is 2. The van der Waals surface area contributed by atoms with Gasteiger partial charge in [-0.15, -0.1) is 0 Å². The van der Waals surface area contributed by atoms with Gasteiger partial charge in [-0.05, 0) is 72.4 Å². The van der Waals surface area contributed by atoms with E-state index in [9.17, 15) is 5.11 Å². The van der Waals surface area contributed by atoms with Crippen LogP contribution in [0.5, 0.6) is 5.75 Å². The molecule has 6 nitrogen and oxygen atoms in total. The molecule has 31 heavy (non-hydrogen) atoms. The number of phenols is 1. The molecule has 154 valence electrons. The van der Waals surface area contributed by atoms with Crippen molar-refractivity contribution in [3.8, 4) is 5.75 Å². The zero-order chi connectivity index (χ0) is 21.2. The summed E-state index contributed by atoms with van der Waals surface area (Å²) in [6, 6.07) is 21.0. The maximum atomic E-state index is 9.77. The van der Waals surface area contributed by atoms with Crippen LogP contribution < -0.4 is 10.2 Å². The number of pyridine rings is 2. The molecule has 0 unspecified atom stereocenters. The molecule has 4 aromatic rings. The van der Waals surface area contributed by atoms with Gasteiger partial charge < -0.3 is 19.9 Å². The summed E-state index contributed by atoms with van der Waals surface area (Å²) in [6.45, 7) is 0.706. The van der Waals surface area contributed by atoms with Gasteiger partial charge in [-0.1, -0.05) is 12.1 Å². The molecule has 1 aromatic carbocycles. The first-order chi connectivity index (χ1) is 15.2. The third-order valence-corrected chi connectivity index (χ3v) is 5.78. The fraction of sp³-hybridized carbons (Fsp3) is 0.125. The zero-order valence-electron chi connectivity index (χ0n) is 16.7. The van der Waals surface area contributed by atoms with Crippen molar-refractivity contribution in [2.75, 3.05) is 4.90 Å². The van der Waals surface area contributed by atoms with Gasteiger partial charge in [-0.3, -0.25) is 9.97 Å². The van der Waals surface area contributed by atoms with Crippen molar-refractivity contribution in [1.29, 1.82) is 0 Å². The Morgan fingerprint density at radius 2 is 1.84 bits per heavy atom. The third-order valence-electron chi connectivity index (χ3n) is 5.47. The molecule has 0 aliphatic carbocycles. The summed E-state index contributed by atoms with van der Waals surface area (Å²) in [7, 11) is 0. The standard InChI is InChI=1S/C24H21N5OS/c30-19-10-8-18(9-11-19)29-23(22(27-24(29)31)20-6-1-2-13-26-20)21-7-4-14-28(21)16-17-5-3-12-25-15-17/h1-15,22-23,30H,16H2,(H,27,31)/t22-,23+/m1/s1. The molecule has 7 heteroatoms. The first kappa shape index (κ1) is 19.3. The molecular formula is C24H21N5OS. The molecule has 1 saturated heterocycles. The van der Waals surface area contributed by atoms with Gasteiger partial charge >= 0.3 is 0 Å². The van der Waals surface area contributed by atoms with E-state index in [0.29, 0.717) is 11.7 Å². The number of nitrogens with zero attached hydrogens (tertiary/aromatic N) is 4. The Kier molecular flexibility index (Phi) is 5.09. The minimum atomic E-state index is -0.120. The molecule has 0 bridgehead atoms. The predicted octanol–water partition coefficient (Wildman–Crippen LogP) is 4.21. The van der Waals surface area contributed by atoms with Gasteiger partial charge in [0.2, 0.25) is 0 Å². The summed E-state index contributed by atoms with van der Waals surface area (Å²) in [5, 5.41) is 13.9. The van der Waals surface area contributed by atoms with Gasteiger partial charge in [0.05, 0.1) is 11.7 Å². The van der Waals surface area contributed by atoms with E-state index < -0.39 is 0 Å². The number of phenolic OH excluding ortho intramolecular Hbond substituents is 1. The number of anilines is 1. The summed E-state index contributed by atoms with van der Waals surface area (Å²) in [4.78, 5) is 11.0. The molecule has 0 radical (unpaired) electrons. The van der Waals surface area contributed by atoms with E-state index in [2.05, 4.69) is 49.1 Å². The summed E-state index contributed by atoms with van der Waals surface area (Å²) in [5.74, 6) is 0.222. The van der Waals surface area contributed by atoms with E-state index in [4.69, 9.17) is 12.2 Å². The van der Waals surface area contributed by atoms with Crippen LogP contribution in [0.1, 0.15) is 29.0 Å². The summed E-state index contributed by atoms with van der Waals surface area (Å²) >= 11 is 5.76. The Balaban J connectivity index is 1.60. The maximum absolute atomic E-state index is 9.77. The highest BCUT2D eigenvalue weighted by molar-refractivity contribution is 7.80. The molecule has 0 spiro atoms. The van der Waals surface area contributed by atoms with Gasteiger partial charge in [-0.2, -0.15) is 0 Å². The lowest BCUT2D eigenvalue weighted by molar-refractivity contribution is 0.475. The average Bonchev–Trinajstić information content (AvgIpc) is 3.39. The maximum Gasteiger partial charge on any atom is 0.174 e. The van der Waals surface area contributed by atoms with Gasteiger partial charge in [0, 0.05) is 42.7 Å². The van der Waals surface area contributed by atoms with Gasteiger partial charge in [-0.25, -0.2) is 0 Å². The molecule has 4 heterocycles. The van der Waals surface area contributed by atoms with Crippen LogP contribution in [0.3, 0.4) is 0 Å². The number of rotatable bonds is 5. The van der Waals surface area contributed by atoms with E-state index in [1.54, 1.807) is 24.5 Å². The second kappa shape index (κ2) is 8.20. The predicted molar refractivity (Wildman–Crippen MR) is 124 cm³/mol. The van der Waals surface area contributed by atoms with E-state index in [1.807, 2.05) is 42.6 Å². The lowest BCUT2D eigenvalue weighted by Gasteiger charge is -2.29. The summed E-state index contributed by atoms with van der Waals surface area (Å²) < 4.78 is 2.22. The van der Waals surface area contributed by atoms with Gasteiger partial charge in [0.15, 0.2) is 5.11 Å². The van der Waals surface area contributed by atoms with Crippen LogP contribution in [-0.4, -0.2) is 24.8 Å². The Labute approximate surface area is 185 Å². The fourth-order valence-electron chi connectivity index (χ4n) is 4.07. The van der Waals surface area contributed by atoms with Gasteiger partial charge in [0.25, 0.3) is 0 Å². The van der Waals surface area contributed by atoms with Crippen molar-refractivity contribution in [1.82, 2.24) is 19.9 Å². The highest BCUT2D eigenvalue weighted by atomic mass is 32.1. The van der Waals surface area contributed by atoms with Crippen molar-refractivity contribution in [2.45, 2.75) is 18.6 Å². The van der Waals surface area contributed by atoms with Crippen LogP contribution >= 0.6 is 12.2 Å². The molecule has 0 amide bonds.